The Kier molecular flexibility index (Phi) is 11.7. The lowest BCUT2D eigenvalue weighted by molar-refractivity contribution is 0.0579. The lowest BCUT2D eigenvalue weighted by Crippen LogP contribution is -2.40. The van der Waals surface area contributed by atoms with Crippen LogP contribution in [0.5, 0.6) is 0 Å². The predicted octanol–water partition coefficient (Wildman–Crippen LogP) is 1.89. The predicted molar refractivity (Wildman–Crippen MR) is 89.2 cm³/mol. The lowest BCUT2D eigenvalue weighted by atomic mass is 10.3. The fourth-order valence-corrected chi connectivity index (χ4v) is 2.16. The van der Waals surface area contributed by atoms with Crippen LogP contribution in [0.1, 0.15) is 39.0 Å². The zero-order valence-electron chi connectivity index (χ0n) is 12.1. The fraction of sp³-hybridized carbons (Fsp3) is 0.923. The highest BCUT2D eigenvalue weighted by molar-refractivity contribution is 14.0. The van der Waals surface area contributed by atoms with Crippen LogP contribution < -0.4 is 11.1 Å². The van der Waals surface area contributed by atoms with E-state index in [1.807, 2.05) is 6.92 Å². The molecule has 0 bridgehead atoms. The molecule has 0 radical (unpaired) electrons. The van der Waals surface area contributed by atoms with E-state index in [1.54, 1.807) is 7.11 Å². The molecule has 1 fully saturated rings. The molecule has 1 atom stereocenters. The van der Waals surface area contributed by atoms with Gasteiger partial charge in [0.1, 0.15) is 0 Å². The summed E-state index contributed by atoms with van der Waals surface area (Å²) < 4.78 is 10.8. The Morgan fingerprint density at radius 2 is 2.11 bits per heavy atom. The van der Waals surface area contributed by atoms with E-state index in [9.17, 15) is 0 Å². The first kappa shape index (κ1) is 18.9. The minimum Gasteiger partial charge on any atom is -0.383 e. The van der Waals surface area contributed by atoms with Gasteiger partial charge in [-0.3, -0.25) is 4.99 Å². The smallest absolute Gasteiger partial charge is 0.188 e. The monoisotopic (exact) mass is 385 g/mol. The number of nitrogens with one attached hydrogen (secondary N) is 1. The number of methoxy groups -OCH3 is 1. The Bertz CT molecular complexity index is 246. The Balaban J connectivity index is 0.00000324. The molecule has 0 heterocycles. The third kappa shape index (κ3) is 9.45. The summed E-state index contributed by atoms with van der Waals surface area (Å²) in [5, 5.41) is 3.07. The van der Waals surface area contributed by atoms with Crippen LogP contribution in [-0.4, -0.2) is 45.0 Å². The molecule has 1 aliphatic rings. The summed E-state index contributed by atoms with van der Waals surface area (Å²) in [6, 6.07) is 0.188. The summed E-state index contributed by atoms with van der Waals surface area (Å²) in [7, 11) is 1.67. The van der Waals surface area contributed by atoms with E-state index in [1.165, 1.54) is 25.7 Å². The minimum absolute atomic E-state index is 0. The van der Waals surface area contributed by atoms with Crippen LogP contribution in [0.3, 0.4) is 0 Å². The van der Waals surface area contributed by atoms with Gasteiger partial charge in [0.25, 0.3) is 0 Å². The quantitative estimate of drug-likeness (QED) is 0.290. The van der Waals surface area contributed by atoms with Gasteiger partial charge in [0.15, 0.2) is 5.96 Å². The van der Waals surface area contributed by atoms with E-state index < -0.39 is 0 Å². The van der Waals surface area contributed by atoms with Gasteiger partial charge < -0.3 is 20.5 Å². The van der Waals surface area contributed by atoms with Gasteiger partial charge in [0.05, 0.1) is 12.7 Å². The molecule has 0 spiro atoms. The molecule has 6 heteroatoms. The number of aliphatic imine (C=N–C) groups is 1. The van der Waals surface area contributed by atoms with E-state index in [0.717, 1.165) is 13.0 Å². The molecule has 1 unspecified atom stereocenters. The number of guanidine groups is 1. The molecule has 0 amide bonds. The molecular formula is C13H28IN3O2. The number of rotatable bonds is 8. The van der Waals surface area contributed by atoms with Crippen molar-refractivity contribution < 1.29 is 9.47 Å². The van der Waals surface area contributed by atoms with Gasteiger partial charge in [0, 0.05) is 26.3 Å². The molecule has 0 aliphatic heterocycles. The maximum absolute atomic E-state index is 5.75. The standard InChI is InChI=1S/C13H27N3O2.HI/c1-11(10-17-2)16-13(14)15-8-5-9-18-12-6-3-4-7-12;/h11-12H,3-10H2,1-2H3,(H3,14,15,16);1H. The van der Waals surface area contributed by atoms with Gasteiger partial charge in [-0.15, -0.1) is 24.0 Å². The minimum atomic E-state index is 0. The largest absolute Gasteiger partial charge is 0.383 e. The van der Waals surface area contributed by atoms with Gasteiger partial charge in [-0.05, 0) is 26.2 Å². The Labute approximate surface area is 133 Å². The van der Waals surface area contributed by atoms with E-state index in [0.29, 0.717) is 25.2 Å². The van der Waals surface area contributed by atoms with Crippen molar-refractivity contribution in [3.63, 3.8) is 0 Å². The fourth-order valence-electron chi connectivity index (χ4n) is 2.16. The summed E-state index contributed by atoms with van der Waals surface area (Å²) in [4.78, 5) is 4.26. The summed E-state index contributed by atoms with van der Waals surface area (Å²) in [5.74, 6) is 0.486. The number of hydrogen-bond donors (Lipinski definition) is 2. The highest BCUT2D eigenvalue weighted by Crippen LogP contribution is 2.20. The second kappa shape index (κ2) is 11.7. The number of ether oxygens (including phenoxy) is 2. The van der Waals surface area contributed by atoms with E-state index in [-0.39, 0.29) is 30.0 Å². The zero-order valence-corrected chi connectivity index (χ0v) is 14.4. The molecule has 3 N–H and O–H groups in total. The van der Waals surface area contributed by atoms with Crippen LogP contribution in [0.2, 0.25) is 0 Å². The van der Waals surface area contributed by atoms with Crippen molar-refractivity contribution in [2.75, 3.05) is 26.9 Å². The van der Waals surface area contributed by atoms with Crippen molar-refractivity contribution >= 4 is 29.9 Å². The topological polar surface area (TPSA) is 68.9 Å². The van der Waals surface area contributed by atoms with Gasteiger partial charge in [-0.25, -0.2) is 0 Å². The van der Waals surface area contributed by atoms with Gasteiger partial charge in [-0.1, -0.05) is 12.8 Å². The van der Waals surface area contributed by atoms with Crippen molar-refractivity contribution in [2.45, 2.75) is 51.2 Å². The van der Waals surface area contributed by atoms with E-state index in [2.05, 4.69) is 10.3 Å². The van der Waals surface area contributed by atoms with E-state index in [4.69, 9.17) is 15.2 Å². The van der Waals surface area contributed by atoms with Crippen molar-refractivity contribution in [1.82, 2.24) is 5.32 Å². The van der Waals surface area contributed by atoms with Crippen LogP contribution in [-0.2, 0) is 9.47 Å². The van der Waals surface area contributed by atoms with Crippen molar-refractivity contribution in [3.05, 3.63) is 0 Å². The van der Waals surface area contributed by atoms with E-state index >= 15 is 0 Å². The molecule has 114 valence electrons. The maximum atomic E-state index is 5.75. The summed E-state index contributed by atoms with van der Waals surface area (Å²) in [6.45, 7) is 4.14. The van der Waals surface area contributed by atoms with Gasteiger partial charge in [-0.2, -0.15) is 0 Å². The molecule has 5 nitrogen and oxygen atoms in total. The van der Waals surface area contributed by atoms with Crippen LogP contribution in [0, 0.1) is 0 Å². The number of nitrogens with two attached hydrogens (primary N) is 1. The third-order valence-corrected chi connectivity index (χ3v) is 3.05. The summed E-state index contributed by atoms with van der Waals surface area (Å²) in [5.41, 5.74) is 5.75. The second-order valence-electron chi connectivity index (χ2n) is 4.90. The van der Waals surface area contributed by atoms with Crippen molar-refractivity contribution in [3.8, 4) is 0 Å². The molecule has 1 aliphatic carbocycles. The summed E-state index contributed by atoms with van der Waals surface area (Å²) in [6.07, 6.45) is 6.50. The second-order valence-corrected chi connectivity index (χ2v) is 4.90. The molecule has 19 heavy (non-hydrogen) atoms. The molecular weight excluding hydrogens is 357 g/mol. The van der Waals surface area contributed by atoms with Crippen molar-refractivity contribution in [2.24, 2.45) is 10.7 Å². The Hall–Kier alpha value is -0.0800. The lowest BCUT2D eigenvalue weighted by Gasteiger charge is -2.13. The van der Waals surface area contributed by atoms with Crippen LogP contribution in [0.25, 0.3) is 0 Å². The molecule has 0 aromatic heterocycles. The zero-order chi connectivity index (χ0) is 13.2. The molecule has 0 aromatic carbocycles. The van der Waals surface area contributed by atoms with Crippen LogP contribution >= 0.6 is 24.0 Å². The first-order valence-electron chi connectivity index (χ1n) is 6.89. The SMILES string of the molecule is COCC(C)NC(N)=NCCCOC1CCCC1.I. The normalized spacial score (nSPS) is 18.1. The van der Waals surface area contributed by atoms with Gasteiger partial charge >= 0.3 is 0 Å². The third-order valence-electron chi connectivity index (χ3n) is 3.05. The Morgan fingerprint density at radius 3 is 2.74 bits per heavy atom. The maximum Gasteiger partial charge on any atom is 0.188 e. The number of halogens is 1. The highest BCUT2D eigenvalue weighted by Gasteiger charge is 2.14. The Morgan fingerprint density at radius 1 is 1.42 bits per heavy atom. The highest BCUT2D eigenvalue weighted by atomic mass is 127. The molecule has 0 aromatic rings. The van der Waals surface area contributed by atoms with Crippen LogP contribution in [0.4, 0.5) is 0 Å². The first-order valence-corrected chi connectivity index (χ1v) is 6.89. The number of nitrogens with zero attached hydrogens (tertiary/aromatic N) is 1. The molecule has 1 rings (SSSR count). The van der Waals surface area contributed by atoms with Gasteiger partial charge in [0.2, 0.25) is 0 Å². The van der Waals surface area contributed by atoms with Crippen molar-refractivity contribution in [1.29, 1.82) is 0 Å². The first-order chi connectivity index (χ1) is 8.72. The average molecular weight is 385 g/mol. The molecule has 1 saturated carbocycles. The number of hydrogen-bond acceptors (Lipinski definition) is 3. The summed E-state index contributed by atoms with van der Waals surface area (Å²) >= 11 is 0. The van der Waals surface area contributed by atoms with Crippen LogP contribution in [0.15, 0.2) is 4.99 Å². The molecule has 0 saturated heterocycles. The average Bonchev–Trinajstić information content (AvgIpc) is 2.81.